The van der Waals surface area contributed by atoms with Gasteiger partial charge in [-0.25, -0.2) is 0 Å². The highest BCUT2D eigenvalue weighted by Gasteiger charge is 2.42. The SMILES string of the molecule is COCCN1C(=O)c2oc3ccc(C)cc3c(=O)c2C1c1ccc(C(C)C)cc1. The third kappa shape index (κ3) is 3.25. The van der Waals surface area contributed by atoms with Gasteiger partial charge in [-0.15, -0.1) is 0 Å². The topological polar surface area (TPSA) is 59.8 Å². The van der Waals surface area contributed by atoms with Crippen molar-refractivity contribution in [3.05, 3.63) is 80.7 Å². The van der Waals surface area contributed by atoms with Crippen LogP contribution < -0.4 is 5.43 Å². The fourth-order valence-electron chi connectivity index (χ4n) is 3.96. The first-order chi connectivity index (χ1) is 13.9. The second kappa shape index (κ2) is 7.48. The van der Waals surface area contributed by atoms with Crippen LogP contribution in [0.3, 0.4) is 0 Å². The molecule has 2 heterocycles. The molecule has 1 aromatic heterocycles. The Morgan fingerprint density at radius 2 is 1.83 bits per heavy atom. The van der Waals surface area contributed by atoms with Crippen molar-refractivity contribution in [3.63, 3.8) is 0 Å². The number of hydrogen-bond donors (Lipinski definition) is 0. The molecule has 2 aromatic carbocycles. The molecule has 0 saturated carbocycles. The molecule has 29 heavy (non-hydrogen) atoms. The maximum Gasteiger partial charge on any atom is 0.290 e. The predicted molar refractivity (Wildman–Crippen MR) is 113 cm³/mol. The Hall–Kier alpha value is -2.92. The van der Waals surface area contributed by atoms with Crippen LogP contribution in [0, 0.1) is 6.92 Å². The highest BCUT2D eigenvalue weighted by molar-refractivity contribution is 5.99. The number of fused-ring (bicyclic) bond motifs is 2. The highest BCUT2D eigenvalue weighted by Crippen LogP contribution is 2.38. The Balaban J connectivity index is 1.92. The molecule has 0 N–H and O–H groups in total. The molecule has 1 unspecified atom stereocenters. The van der Waals surface area contributed by atoms with Crippen molar-refractivity contribution in [1.29, 1.82) is 0 Å². The molecule has 0 radical (unpaired) electrons. The van der Waals surface area contributed by atoms with Crippen LogP contribution in [-0.2, 0) is 4.74 Å². The Labute approximate surface area is 169 Å². The summed E-state index contributed by atoms with van der Waals surface area (Å²) in [5.41, 5.74) is 3.80. The van der Waals surface area contributed by atoms with Crippen molar-refractivity contribution in [2.24, 2.45) is 0 Å². The second-order valence-electron chi connectivity index (χ2n) is 7.89. The third-order valence-electron chi connectivity index (χ3n) is 5.58. The summed E-state index contributed by atoms with van der Waals surface area (Å²) in [6.45, 7) is 6.97. The number of methoxy groups -OCH3 is 1. The van der Waals surface area contributed by atoms with E-state index in [1.165, 1.54) is 5.56 Å². The number of amides is 1. The van der Waals surface area contributed by atoms with Crippen molar-refractivity contribution in [3.8, 4) is 0 Å². The van der Waals surface area contributed by atoms with Crippen LogP contribution >= 0.6 is 0 Å². The summed E-state index contributed by atoms with van der Waals surface area (Å²) >= 11 is 0. The van der Waals surface area contributed by atoms with E-state index < -0.39 is 6.04 Å². The maximum atomic E-state index is 13.4. The molecule has 0 aliphatic carbocycles. The summed E-state index contributed by atoms with van der Waals surface area (Å²) in [4.78, 5) is 28.3. The van der Waals surface area contributed by atoms with Gasteiger partial charge in [0.15, 0.2) is 5.43 Å². The number of hydrogen-bond acceptors (Lipinski definition) is 4. The molecule has 0 fully saturated rings. The lowest BCUT2D eigenvalue weighted by atomic mass is 9.95. The van der Waals surface area contributed by atoms with Crippen LogP contribution in [0.4, 0.5) is 0 Å². The Bertz CT molecular complexity index is 1130. The van der Waals surface area contributed by atoms with Crippen LogP contribution in [0.5, 0.6) is 0 Å². The number of carbonyl (C=O) groups excluding carboxylic acids is 1. The third-order valence-corrected chi connectivity index (χ3v) is 5.58. The largest absolute Gasteiger partial charge is 0.450 e. The second-order valence-corrected chi connectivity index (χ2v) is 7.89. The van der Waals surface area contributed by atoms with Gasteiger partial charge in [0, 0.05) is 13.7 Å². The van der Waals surface area contributed by atoms with E-state index in [0.29, 0.717) is 35.6 Å². The smallest absolute Gasteiger partial charge is 0.290 e. The van der Waals surface area contributed by atoms with Gasteiger partial charge in [0.25, 0.3) is 5.91 Å². The van der Waals surface area contributed by atoms with Crippen molar-refractivity contribution < 1.29 is 13.9 Å². The number of aryl methyl sites for hydroxylation is 1. The number of ether oxygens (including phenoxy) is 1. The summed E-state index contributed by atoms with van der Waals surface area (Å²) in [7, 11) is 1.60. The zero-order chi connectivity index (χ0) is 20.7. The minimum atomic E-state index is -0.477. The normalized spacial score (nSPS) is 16.1. The molecule has 4 rings (SSSR count). The maximum absolute atomic E-state index is 13.4. The van der Waals surface area contributed by atoms with Crippen LogP contribution in [0.15, 0.2) is 51.7 Å². The quantitative estimate of drug-likeness (QED) is 0.646. The highest BCUT2D eigenvalue weighted by atomic mass is 16.5. The summed E-state index contributed by atoms with van der Waals surface area (Å²) in [6.07, 6.45) is 0. The van der Waals surface area contributed by atoms with Gasteiger partial charge < -0.3 is 14.1 Å². The average molecular weight is 391 g/mol. The average Bonchev–Trinajstić information content (AvgIpc) is 2.99. The van der Waals surface area contributed by atoms with Crippen molar-refractivity contribution >= 4 is 16.9 Å². The van der Waals surface area contributed by atoms with Gasteiger partial charge in [-0.3, -0.25) is 9.59 Å². The minimum absolute atomic E-state index is 0.139. The number of carbonyl (C=O) groups is 1. The van der Waals surface area contributed by atoms with Gasteiger partial charge in [0.05, 0.1) is 23.6 Å². The van der Waals surface area contributed by atoms with Crippen molar-refractivity contribution in [2.75, 3.05) is 20.3 Å². The van der Waals surface area contributed by atoms with Gasteiger partial charge in [-0.05, 0) is 36.1 Å². The van der Waals surface area contributed by atoms with E-state index in [4.69, 9.17) is 9.15 Å². The molecule has 3 aromatic rings. The van der Waals surface area contributed by atoms with Crippen LogP contribution in [0.1, 0.15) is 58.6 Å². The lowest BCUT2D eigenvalue weighted by molar-refractivity contribution is 0.0663. The fraction of sp³-hybridized carbons (Fsp3) is 0.333. The summed E-state index contributed by atoms with van der Waals surface area (Å²) in [6, 6.07) is 13.1. The van der Waals surface area contributed by atoms with Gasteiger partial charge >= 0.3 is 0 Å². The molecular formula is C24H25NO4. The molecule has 1 atom stereocenters. The molecule has 5 heteroatoms. The first-order valence-electron chi connectivity index (χ1n) is 9.89. The van der Waals surface area contributed by atoms with E-state index in [1.807, 2.05) is 31.2 Å². The number of nitrogens with zero attached hydrogens (tertiary/aromatic N) is 1. The monoisotopic (exact) mass is 391 g/mol. The summed E-state index contributed by atoms with van der Waals surface area (Å²) in [5.74, 6) is 0.276. The molecule has 0 spiro atoms. The van der Waals surface area contributed by atoms with Gasteiger partial charge in [0.2, 0.25) is 5.76 Å². The molecular weight excluding hydrogens is 366 g/mol. The number of rotatable bonds is 5. The van der Waals surface area contributed by atoms with Crippen molar-refractivity contribution in [2.45, 2.75) is 32.7 Å². The summed E-state index contributed by atoms with van der Waals surface area (Å²) < 4.78 is 11.2. The van der Waals surface area contributed by atoms with Crippen LogP contribution in [0.2, 0.25) is 0 Å². The molecule has 1 amide bonds. The standard InChI is InChI=1S/C24H25NO4/c1-14(2)16-6-8-17(9-7-16)21-20-22(26)18-13-15(3)5-10-19(18)29-23(20)24(27)25(21)11-12-28-4/h5-10,13-14,21H,11-12H2,1-4H3. The van der Waals surface area contributed by atoms with Crippen LogP contribution in [0.25, 0.3) is 11.0 Å². The lowest BCUT2D eigenvalue weighted by Crippen LogP contribution is -2.32. The first kappa shape index (κ1) is 19.4. The Morgan fingerprint density at radius 1 is 1.10 bits per heavy atom. The van der Waals surface area contributed by atoms with Crippen molar-refractivity contribution in [1.82, 2.24) is 4.90 Å². The molecule has 0 saturated heterocycles. The minimum Gasteiger partial charge on any atom is -0.450 e. The zero-order valence-corrected chi connectivity index (χ0v) is 17.2. The van der Waals surface area contributed by atoms with Gasteiger partial charge in [0.1, 0.15) is 5.58 Å². The molecule has 150 valence electrons. The predicted octanol–water partition coefficient (Wildman–Crippen LogP) is 4.42. The Morgan fingerprint density at radius 3 is 2.48 bits per heavy atom. The van der Waals surface area contributed by atoms with E-state index in [1.54, 1.807) is 18.1 Å². The van der Waals surface area contributed by atoms with E-state index in [2.05, 4.69) is 26.0 Å². The van der Waals surface area contributed by atoms with Gasteiger partial charge in [-0.2, -0.15) is 0 Å². The molecule has 1 aliphatic heterocycles. The van der Waals surface area contributed by atoms with E-state index in [-0.39, 0.29) is 17.1 Å². The molecule has 0 bridgehead atoms. The molecule has 1 aliphatic rings. The van der Waals surface area contributed by atoms with Crippen LogP contribution in [-0.4, -0.2) is 31.1 Å². The number of benzene rings is 2. The van der Waals surface area contributed by atoms with E-state index in [0.717, 1.165) is 11.1 Å². The van der Waals surface area contributed by atoms with Gasteiger partial charge in [-0.1, -0.05) is 49.7 Å². The zero-order valence-electron chi connectivity index (χ0n) is 17.2. The van der Waals surface area contributed by atoms with E-state index >= 15 is 0 Å². The summed E-state index contributed by atoms with van der Waals surface area (Å²) in [5, 5.41) is 0.508. The molecule has 5 nitrogen and oxygen atoms in total. The fourth-order valence-corrected chi connectivity index (χ4v) is 3.96. The Kier molecular flexibility index (Phi) is 5.01. The lowest BCUT2D eigenvalue weighted by Gasteiger charge is -2.25. The first-order valence-corrected chi connectivity index (χ1v) is 9.89. The van der Waals surface area contributed by atoms with E-state index in [9.17, 15) is 9.59 Å².